The SMILES string of the molecule is CC(C)c1ccc(CC=CCCCl)cc1. The number of alkyl halides is 1. The molecule has 0 unspecified atom stereocenters. The number of hydrogen-bond donors (Lipinski definition) is 0. The van der Waals surface area contributed by atoms with Crippen LogP contribution in [-0.4, -0.2) is 5.88 Å². The van der Waals surface area contributed by atoms with Gasteiger partial charge in [0.15, 0.2) is 0 Å². The molecule has 0 nitrogen and oxygen atoms in total. The molecule has 0 aliphatic heterocycles. The lowest BCUT2D eigenvalue weighted by Crippen LogP contribution is -1.88. The average molecular weight is 223 g/mol. The molecule has 0 saturated heterocycles. The molecule has 0 spiro atoms. The van der Waals surface area contributed by atoms with E-state index in [9.17, 15) is 0 Å². The Labute approximate surface area is 98.0 Å². The molecule has 0 aliphatic carbocycles. The smallest absolute Gasteiger partial charge is 0.0258 e. The maximum absolute atomic E-state index is 5.59. The summed E-state index contributed by atoms with van der Waals surface area (Å²) in [6.45, 7) is 4.44. The molecule has 0 fully saturated rings. The molecule has 0 heterocycles. The zero-order chi connectivity index (χ0) is 11.1. The van der Waals surface area contributed by atoms with Crippen LogP contribution < -0.4 is 0 Å². The van der Waals surface area contributed by atoms with Crippen molar-refractivity contribution in [3.05, 3.63) is 47.5 Å². The van der Waals surface area contributed by atoms with Gasteiger partial charge in [0.05, 0.1) is 0 Å². The topological polar surface area (TPSA) is 0 Å². The fourth-order valence-electron chi connectivity index (χ4n) is 1.44. The van der Waals surface area contributed by atoms with Crippen LogP contribution in [0.3, 0.4) is 0 Å². The Morgan fingerprint density at radius 2 is 1.80 bits per heavy atom. The lowest BCUT2D eigenvalue weighted by atomic mass is 10.0. The molecule has 0 aromatic heterocycles. The van der Waals surface area contributed by atoms with Gasteiger partial charge in [-0.05, 0) is 29.9 Å². The second-order valence-corrected chi connectivity index (χ2v) is 4.43. The fourth-order valence-corrected chi connectivity index (χ4v) is 1.56. The van der Waals surface area contributed by atoms with Crippen molar-refractivity contribution in [1.82, 2.24) is 0 Å². The predicted octanol–water partition coefficient (Wildman–Crippen LogP) is 4.54. The Kier molecular flexibility index (Phi) is 5.49. The van der Waals surface area contributed by atoms with Gasteiger partial charge in [0.25, 0.3) is 0 Å². The first-order valence-corrected chi connectivity index (χ1v) is 6.07. The zero-order valence-electron chi connectivity index (χ0n) is 9.54. The van der Waals surface area contributed by atoms with Gasteiger partial charge in [0, 0.05) is 5.88 Å². The third-order valence-electron chi connectivity index (χ3n) is 2.44. The summed E-state index contributed by atoms with van der Waals surface area (Å²) in [7, 11) is 0. The molecule has 82 valence electrons. The predicted molar refractivity (Wildman–Crippen MR) is 68.7 cm³/mol. The summed E-state index contributed by atoms with van der Waals surface area (Å²) in [6.07, 6.45) is 6.30. The number of hydrogen-bond acceptors (Lipinski definition) is 0. The van der Waals surface area contributed by atoms with Crippen molar-refractivity contribution in [2.45, 2.75) is 32.6 Å². The minimum atomic E-state index is 0.617. The van der Waals surface area contributed by atoms with Crippen LogP contribution in [0.1, 0.15) is 37.3 Å². The van der Waals surface area contributed by atoms with Gasteiger partial charge in [0.1, 0.15) is 0 Å². The van der Waals surface area contributed by atoms with Gasteiger partial charge in [-0.1, -0.05) is 50.3 Å². The van der Waals surface area contributed by atoms with Crippen LogP contribution in [-0.2, 0) is 6.42 Å². The maximum Gasteiger partial charge on any atom is 0.0258 e. The third-order valence-corrected chi connectivity index (χ3v) is 2.66. The average Bonchev–Trinajstić information content (AvgIpc) is 2.25. The first-order chi connectivity index (χ1) is 7.24. The van der Waals surface area contributed by atoms with Crippen LogP contribution in [0.25, 0.3) is 0 Å². The number of halogens is 1. The van der Waals surface area contributed by atoms with E-state index in [4.69, 9.17) is 11.6 Å². The van der Waals surface area contributed by atoms with E-state index in [2.05, 4.69) is 50.3 Å². The Hall–Kier alpha value is -0.750. The van der Waals surface area contributed by atoms with Crippen LogP contribution in [0.5, 0.6) is 0 Å². The molecule has 1 aromatic carbocycles. The van der Waals surface area contributed by atoms with Gasteiger partial charge in [-0.2, -0.15) is 0 Å². The lowest BCUT2D eigenvalue weighted by Gasteiger charge is -2.05. The van der Waals surface area contributed by atoms with Gasteiger partial charge in [-0.3, -0.25) is 0 Å². The normalized spacial score (nSPS) is 11.5. The van der Waals surface area contributed by atoms with E-state index in [0.717, 1.165) is 12.8 Å². The summed E-state index contributed by atoms with van der Waals surface area (Å²) in [5.74, 6) is 1.33. The van der Waals surface area contributed by atoms with Gasteiger partial charge >= 0.3 is 0 Å². The molecule has 0 amide bonds. The van der Waals surface area contributed by atoms with E-state index in [1.165, 1.54) is 11.1 Å². The standard InChI is InChI=1S/C14H19Cl/c1-12(2)14-9-7-13(8-10-14)6-4-3-5-11-15/h3-4,7-10,12H,5-6,11H2,1-2H3. The molecule has 0 aliphatic rings. The van der Waals surface area contributed by atoms with Crippen LogP contribution >= 0.6 is 11.6 Å². The van der Waals surface area contributed by atoms with Crippen molar-refractivity contribution in [3.63, 3.8) is 0 Å². The minimum absolute atomic E-state index is 0.617. The van der Waals surface area contributed by atoms with E-state index >= 15 is 0 Å². The Balaban J connectivity index is 2.49. The summed E-state index contributed by atoms with van der Waals surface area (Å²) >= 11 is 5.59. The molecule has 1 heteroatoms. The molecule has 0 radical (unpaired) electrons. The first-order valence-electron chi connectivity index (χ1n) is 5.54. The Bertz CT molecular complexity index is 296. The second kappa shape index (κ2) is 6.68. The van der Waals surface area contributed by atoms with Gasteiger partial charge < -0.3 is 0 Å². The highest BCUT2D eigenvalue weighted by Gasteiger charge is 1.97. The Morgan fingerprint density at radius 1 is 1.13 bits per heavy atom. The van der Waals surface area contributed by atoms with Crippen LogP contribution in [0.4, 0.5) is 0 Å². The van der Waals surface area contributed by atoms with Crippen molar-refractivity contribution >= 4 is 11.6 Å². The molecule has 0 saturated carbocycles. The molecule has 0 atom stereocenters. The molecule has 15 heavy (non-hydrogen) atoms. The third kappa shape index (κ3) is 4.53. The molecule has 0 bridgehead atoms. The maximum atomic E-state index is 5.59. The molecule has 0 N–H and O–H groups in total. The molecular weight excluding hydrogens is 204 g/mol. The van der Waals surface area contributed by atoms with Gasteiger partial charge in [-0.25, -0.2) is 0 Å². The largest absolute Gasteiger partial charge is 0.126 e. The zero-order valence-corrected chi connectivity index (χ0v) is 10.3. The number of benzene rings is 1. The highest BCUT2D eigenvalue weighted by molar-refractivity contribution is 6.17. The van der Waals surface area contributed by atoms with Crippen LogP contribution in [0, 0.1) is 0 Å². The van der Waals surface area contributed by atoms with E-state index < -0.39 is 0 Å². The molecule has 1 aromatic rings. The summed E-state index contributed by atoms with van der Waals surface area (Å²) in [4.78, 5) is 0. The summed E-state index contributed by atoms with van der Waals surface area (Å²) < 4.78 is 0. The van der Waals surface area contributed by atoms with Gasteiger partial charge in [0.2, 0.25) is 0 Å². The van der Waals surface area contributed by atoms with Crippen molar-refractivity contribution < 1.29 is 0 Å². The summed E-state index contributed by atoms with van der Waals surface area (Å²) in [5.41, 5.74) is 2.77. The fraction of sp³-hybridized carbons (Fsp3) is 0.429. The van der Waals surface area contributed by atoms with Crippen LogP contribution in [0.15, 0.2) is 36.4 Å². The lowest BCUT2D eigenvalue weighted by molar-refractivity contribution is 0.865. The van der Waals surface area contributed by atoms with Crippen molar-refractivity contribution in [2.24, 2.45) is 0 Å². The van der Waals surface area contributed by atoms with Crippen molar-refractivity contribution in [2.75, 3.05) is 5.88 Å². The monoisotopic (exact) mass is 222 g/mol. The summed E-state index contributed by atoms with van der Waals surface area (Å²) in [5, 5.41) is 0. The minimum Gasteiger partial charge on any atom is -0.126 e. The van der Waals surface area contributed by atoms with Crippen LogP contribution in [0.2, 0.25) is 0 Å². The van der Waals surface area contributed by atoms with E-state index in [1.807, 2.05) is 0 Å². The molecular formula is C14H19Cl. The summed E-state index contributed by atoms with van der Waals surface area (Å²) in [6, 6.07) is 8.85. The number of rotatable bonds is 5. The van der Waals surface area contributed by atoms with Crippen molar-refractivity contribution in [3.8, 4) is 0 Å². The quantitative estimate of drug-likeness (QED) is 0.507. The van der Waals surface area contributed by atoms with E-state index in [1.54, 1.807) is 0 Å². The Morgan fingerprint density at radius 3 is 2.33 bits per heavy atom. The highest BCUT2D eigenvalue weighted by atomic mass is 35.5. The van der Waals surface area contributed by atoms with E-state index in [0.29, 0.717) is 11.8 Å². The first kappa shape index (κ1) is 12.3. The highest BCUT2D eigenvalue weighted by Crippen LogP contribution is 2.15. The second-order valence-electron chi connectivity index (χ2n) is 4.05. The van der Waals surface area contributed by atoms with E-state index in [-0.39, 0.29) is 0 Å². The van der Waals surface area contributed by atoms with Gasteiger partial charge in [-0.15, -0.1) is 11.6 Å². The molecule has 1 rings (SSSR count). The van der Waals surface area contributed by atoms with Crippen molar-refractivity contribution in [1.29, 1.82) is 0 Å². The number of allylic oxidation sites excluding steroid dienone is 2.